The van der Waals surface area contributed by atoms with Crippen LogP contribution in [0.25, 0.3) is 6.08 Å². The Hall–Kier alpha value is -2.68. The number of halogens is 2. The second-order valence-electron chi connectivity index (χ2n) is 6.35. The minimum atomic E-state index is -0.548. The largest absolute Gasteiger partial charge is 0.493 e. The van der Waals surface area contributed by atoms with E-state index in [1.54, 1.807) is 42.5 Å². The van der Waals surface area contributed by atoms with E-state index in [9.17, 15) is 14.4 Å². The van der Waals surface area contributed by atoms with Crippen molar-refractivity contribution in [3.05, 3.63) is 55.5 Å². The van der Waals surface area contributed by atoms with E-state index in [0.717, 1.165) is 20.2 Å². The normalized spacial score (nSPS) is 14.4. The van der Waals surface area contributed by atoms with Gasteiger partial charge >= 0.3 is 0 Å². The van der Waals surface area contributed by atoms with Gasteiger partial charge in [0.1, 0.15) is 13.2 Å². The molecule has 0 unspecified atom stereocenters. The van der Waals surface area contributed by atoms with Gasteiger partial charge in [-0.05, 0) is 82.4 Å². The van der Waals surface area contributed by atoms with Gasteiger partial charge in [-0.1, -0.05) is 17.5 Å². The maximum Gasteiger partial charge on any atom is 0.294 e. The Balaban J connectivity index is 1.75. The minimum absolute atomic E-state index is 0.0860. The Bertz CT molecular complexity index is 1140. The first-order valence-electron chi connectivity index (χ1n) is 9.07. The zero-order chi connectivity index (χ0) is 23.3. The maximum absolute atomic E-state index is 12.7. The van der Waals surface area contributed by atoms with Crippen molar-refractivity contribution in [1.29, 1.82) is 0 Å². The van der Waals surface area contributed by atoms with Gasteiger partial charge < -0.3 is 14.8 Å². The number of benzene rings is 2. The van der Waals surface area contributed by atoms with E-state index in [4.69, 9.17) is 27.5 Å². The van der Waals surface area contributed by atoms with Gasteiger partial charge in [0.25, 0.3) is 11.1 Å². The van der Waals surface area contributed by atoms with Crippen molar-refractivity contribution in [2.75, 3.05) is 25.6 Å². The second kappa shape index (κ2) is 10.8. The summed E-state index contributed by atoms with van der Waals surface area (Å²) in [6, 6.07) is 9.95. The lowest BCUT2D eigenvalue weighted by Crippen LogP contribution is -2.36. The zero-order valence-electron chi connectivity index (χ0n) is 16.7. The van der Waals surface area contributed by atoms with Gasteiger partial charge in [-0.3, -0.25) is 19.3 Å². The molecule has 0 aromatic heterocycles. The highest BCUT2D eigenvalue weighted by molar-refractivity contribution is 14.1. The summed E-state index contributed by atoms with van der Waals surface area (Å²) in [5.41, 5.74) is 1.14. The molecular formula is C22H16ClIN2O5S. The van der Waals surface area contributed by atoms with Crippen molar-refractivity contribution in [3.63, 3.8) is 0 Å². The van der Waals surface area contributed by atoms with Crippen LogP contribution in [-0.2, 0) is 9.59 Å². The summed E-state index contributed by atoms with van der Waals surface area (Å²) in [5, 5.41) is 2.63. The number of carbonyl (C=O) groups excluding carboxylic acids is 3. The first-order chi connectivity index (χ1) is 15.3. The highest BCUT2D eigenvalue weighted by Crippen LogP contribution is 2.37. The number of carbonyl (C=O) groups is 3. The van der Waals surface area contributed by atoms with Crippen molar-refractivity contribution in [2.45, 2.75) is 0 Å². The summed E-state index contributed by atoms with van der Waals surface area (Å²) >= 11 is 8.66. The minimum Gasteiger partial charge on any atom is -0.493 e. The molecule has 164 valence electrons. The highest BCUT2D eigenvalue weighted by Gasteiger charge is 2.36. The number of ether oxygens (including phenoxy) is 2. The molecule has 32 heavy (non-hydrogen) atoms. The molecule has 0 saturated carbocycles. The maximum atomic E-state index is 12.7. The van der Waals surface area contributed by atoms with Gasteiger partial charge in [-0.25, -0.2) is 0 Å². The third-order valence-electron chi connectivity index (χ3n) is 4.15. The quantitative estimate of drug-likeness (QED) is 0.291. The molecule has 1 heterocycles. The van der Waals surface area contributed by atoms with Gasteiger partial charge in [-0.2, -0.15) is 0 Å². The Morgan fingerprint density at radius 3 is 2.69 bits per heavy atom. The Morgan fingerprint density at radius 1 is 1.31 bits per heavy atom. The summed E-state index contributed by atoms with van der Waals surface area (Å²) in [7, 11) is 1.49. The zero-order valence-corrected chi connectivity index (χ0v) is 20.4. The van der Waals surface area contributed by atoms with Crippen LogP contribution in [0, 0.1) is 15.9 Å². The third kappa shape index (κ3) is 5.76. The lowest BCUT2D eigenvalue weighted by atomic mass is 10.2. The fraction of sp³-hybridized carbons (Fsp3) is 0.136. The number of rotatable bonds is 7. The number of anilines is 1. The molecule has 0 spiro atoms. The number of hydrogen-bond acceptors (Lipinski definition) is 6. The highest BCUT2D eigenvalue weighted by atomic mass is 127. The van der Waals surface area contributed by atoms with Crippen molar-refractivity contribution >= 4 is 74.8 Å². The molecule has 0 aliphatic carbocycles. The van der Waals surface area contributed by atoms with Crippen molar-refractivity contribution in [2.24, 2.45) is 0 Å². The van der Waals surface area contributed by atoms with Crippen LogP contribution in [0.2, 0.25) is 5.02 Å². The standard InChI is InChI=1S/C22H16ClIN2O5S/c1-3-8-31-20-16(24)9-13(10-17(20)30-2)11-18-21(28)26(22(29)32-18)12-19(27)25-15-6-4-14(23)5-7-15/h1,4-7,9-11H,8,12H2,2H3,(H,25,27)/b18-11+. The van der Waals surface area contributed by atoms with Crippen LogP contribution in [-0.4, -0.2) is 42.2 Å². The predicted molar refractivity (Wildman–Crippen MR) is 133 cm³/mol. The van der Waals surface area contributed by atoms with Crippen molar-refractivity contribution in [1.82, 2.24) is 4.90 Å². The molecule has 3 rings (SSSR count). The molecule has 3 amide bonds. The van der Waals surface area contributed by atoms with Gasteiger partial charge in [0.2, 0.25) is 5.91 Å². The van der Waals surface area contributed by atoms with E-state index < -0.39 is 23.6 Å². The molecule has 1 aliphatic heterocycles. The number of hydrogen-bond donors (Lipinski definition) is 1. The first-order valence-corrected chi connectivity index (χ1v) is 11.3. The molecule has 10 heteroatoms. The number of nitrogens with one attached hydrogen (secondary N) is 1. The topological polar surface area (TPSA) is 84.9 Å². The molecule has 1 saturated heterocycles. The van der Waals surface area contributed by atoms with Gasteiger partial charge in [-0.15, -0.1) is 6.42 Å². The second-order valence-corrected chi connectivity index (χ2v) is 8.94. The van der Waals surface area contributed by atoms with Crippen LogP contribution in [0.1, 0.15) is 5.56 Å². The average Bonchev–Trinajstić information content (AvgIpc) is 3.01. The van der Waals surface area contributed by atoms with Crippen LogP contribution in [0.15, 0.2) is 41.3 Å². The summed E-state index contributed by atoms with van der Waals surface area (Å²) in [6.45, 7) is -0.312. The van der Waals surface area contributed by atoms with E-state index in [-0.39, 0.29) is 11.5 Å². The molecule has 7 nitrogen and oxygen atoms in total. The summed E-state index contributed by atoms with van der Waals surface area (Å²) < 4.78 is 11.6. The fourth-order valence-electron chi connectivity index (χ4n) is 2.74. The Morgan fingerprint density at radius 2 is 2.03 bits per heavy atom. The number of thioether (sulfide) groups is 1. The third-order valence-corrected chi connectivity index (χ3v) is 6.11. The van der Waals surface area contributed by atoms with Crippen LogP contribution in [0.3, 0.4) is 0 Å². The van der Waals surface area contributed by atoms with Gasteiger partial charge in [0.05, 0.1) is 15.6 Å². The van der Waals surface area contributed by atoms with E-state index in [1.807, 2.05) is 0 Å². The Labute approximate surface area is 207 Å². The number of methoxy groups -OCH3 is 1. The molecule has 2 aromatic rings. The van der Waals surface area contributed by atoms with Crippen molar-refractivity contribution in [3.8, 4) is 23.8 Å². The summed E-state index contributed by atoms with van der Waals surface area (Å²) in [6.07, 6.45) is 6.81. The van der Waals surface area contributed by atoms with E-state index >= 15 is 0 Å². The molecule has 0 atom stereocenters. The number of nitrogens with zero attached hydrogens (tertiary/aromatic N) is 1. The lowest BCUT2D eigenvalue weighted by Gasteiger charge is -2.13. The van der Waals surface area contributed by atoms with Crippen molar-refractivity contribution < 1.29 is 23.9 Å². The monoisotopic (exact) mass is 582 g/mol. The number of imide groups is 1. The Kier molecular flexibility index (Phi) is 8.06. The molecule has 0 radical (unpaired) electrons. The molecule has 1 fully saturated rings. The van der Waals surface area contributed by atoms with E-state index in [2.05, 4.69) is 33.8 Å². The SMILES string of the molecule is C#CCOc1c(I)cc(/C=C2/SC(=O)N(CC(=O)Nc3ccc(Cl)cc3)C2=O)cc1OC. The molecule has 2 aromatic carbocycles. The molecule has 1 N–H and O–H groups in total. The van der Waals surface area contributed by atoms with Crippen LogP contribution in [0.5, 0.6) is 11.5 Å². The smallest absolute Gasteiger partial charge is 0.294 e. The summed E-state index contributed by atoms with van der Waals surface area (Å²) in [4.78, 5) is 38.5. The number of amides is 3. The molecular weight excluding hydrogens is 567 g/mol. The summed E-state index contributed by atoms with van der Waals surface area (Å²) in [5.74, 6) is 2.29. The van der Waals surface area contributed by atoms with Crippen LogP contribution in [0.4, 0.5) is 10.5 Å². The molecule has 1 aliphatic rings. The van der Waals surface area contributed by atoms with Crippen LogP contribution >= 0.6 is 46.0 Å². The van der Waals surface area contributed by atoms with Gasteiger partial charge in [0.15, 0.2) is 11.5 Å². The first kappa shape index (κ1) is 24.0. The predicted octanol–water partition coefficient (Wildman–Crippen LogP) is 4.64. The number of terminal acetylenes is 1. The van der Waals surface area contributed by atoms with E-state index in [0.29, 0.717) is 27.8 Å². The average molecular weight is 583 g/mol. The lowest BCUT2D eigenvalue weighted by molar-refractivity contribution is -0.127. The van der Waals surface area contributed by atoms with Crippen LogP contribution < -0.4 is 14.8 Å². The van der Waals surface area contributed by atoms with E-state index in [1.165, 1.54) is 7.11 Å². The van der Waals surface area contributed by atoms with Gasteiger partial charge in [0, 0.05) is 10.7 Å². The fourth-order valence-corrected chi connectivity index (χ4v) is 4.49. The molecule has 0 bridgehead atoms.